The van der Waals surface area contributed by atoms with Crippen LogP contribution in [-0.4, -0.2) is 38.4 Å². The molecule has 1 aromatic heterocycles. The van der Waals surface area contributed by atoms with Crippen molar-refractivity contribution in [2.45, 2.75) is 65.3 Å². The average molecular weight is 399 g/mol. The lowest BCUT2D eigenvalue weighted by atomic mass is 9.77. The Labute approximate surface area is 171 Å². The van der Waals surface area contributed by atoms with Crippen LogP contribution in [0, 0.1) is 0 Å². The molecule has 0 fully saturated rings. The van der Waals surface area contributed by atoms with Crippen LogP contribution in [0.1, 0.15) is 71.2 Å². The number of phenols is 1. The molecule has 29 heavy (non-hydrogen) atoms. The Morgan fingerprint density at radius 1 is 1.14 bits per heavy atom. The summed E-state index contributed by atoms with van der Waals surface area (Å²) in [5, 5.41) is 26.0. The number of hydrogen-bond donors (Lipinski definition) is 2. The molecular weight excluding hydrogens is 370 g/mol. The van der Waals surface area contributed by atoms with E-state index >= 15 is 0 Å². The van der Waals surface area contributed by atoms with Gasteiger partial charge in [0.15, 0.2) is 0 Å². The molecule has 1 atom stereocenters. The summed E-state index contributed by atoms with van der Waals surface area (Å²) >= 11 is 0. The molecule has 0 bridgehead atoms. The molecule has 2 heterocycles. The van der Waals surface area contributed by atoms with Gasteiger partial charge in [-0.2, -0.15) is 4.68 Å². The van der Waals surface area contributed by atoms with Crippen LogP contribution in [0.5, 0.6) is 5.75 Å². The molecule has 1 aliphatic rings. The first-order valence-electron chi connectivity index (χ1n) is 9.58. The van der Waals surface area contributed by atoms with Crippen LogP contribution in [0.4, 0.5) is 5.95 Å². The Bertz CT molecular complexity index is 957. The van der Waals surface area contributed by atoms with Gasteiger partial charge in [-0.05, 0) is 57.0 Å². The van der Waals surface area contributed by atoms with Crippen molar-refractivity contribution in [3.8, 4) is 5.75 Å². The largest absolute Gasteiger partial charge is 0.507 e. The van der Waals surface area contributed by atoms with Gasteiger partial charge in [-0.15, -0.1) is 0 Å². The molecule has 2 aromatic rings. The zero-order valence-electron chi connectivity index (χ0n) is 18.3. The number of ether oxygens (including phenoxy) is 1. The van der Waals surface area contributed by atoms with Crippen LogP contribution < -0.4 is 5.32 Å². The van der Waals surface area contributed by atoms with Crippen LogP contribution in [-0.2, 0) is 20.4 Å². The van der Waals surface area contributed by atoms with Crippen LogP contribution in [0.15, 0.2) is 23.4 Å². The van der Waals surface area contributed by atoms with Crippen molar-refractivity contribution in [2.75, 3.05) is 12.4 Å². The second-order valence-corrected chi connectivity index (χ2v) is 9.47. The number of anilines is 1. The summed E-state index contributed by atoms with van der Waals surface area (Å²) in [6.45, 7) is 14.1. The fraction of sp³-hybridized carbons (Fsp3) is 0.524. The number of hydrogen-bond acceptors (Lipinski definition) is 7. The lowest BCUT2D eigenvalue weighted by Gasteiger charge is -2.32. The predicted octanol–water partition coefficient (Wildman–Crippen LogP) is 3.44. The zero-order chi connectivity index (χ0) is 21.7. The first-order chi connectivity index (χ1) is 13.4. The van der Waals surface area contributed by atoms with E-state index in [0.29, 0.717) is 17.2 Å². The van der Waals surface area contributed by atoms with E-state index in [-0.39, 0.29) is 16.6 Å². The molecule has 0 amide bonds. The quantitative estimate of drug-likeness (QED) is 0.746. The maximum atomic E-state index is 12.7. The van der Waals surface area contributed by atoms with Gasteiger partial charge in [0, 0.05) is 5.70 Å². The fourth-order valence-corrected chi connectivity index (χ4v) is 3.65. The van der Waals surface area contributed by atoms with Gasteiger partial charge in [0.05, 0.1) is 12.7 Å². The molecule has 0 unspecified atom stereocenters. The van der Waals surface area contributed by atoms with Crippen molar-refractivity contribution in [3.05, 3.63) is 40.1 Å². The van der Waals surface area contributed by atoms with Gasteiger partial charge in [-0.1, -0.05) is 46.6 Å². The molecule has 0 saturated heterocycles. The van der Waals surface area contributed by atoms with Crippen LogP contribution in [0.3, 0.4) is 0 Å². The van der Waals surface area contributed by atoms with Crippen LogP contribution in [0.2, 0.25) is 0 Å². The summed E-state index contributed by atoms with van der Waals surface area (Å²) in [4.78, 5) is 12.7. The zero-order valence-corrected chi connectivity index (χ0v) is 18.3. The number of aromatic hydroxyl groups is 1. The first kappa shape index (κ1) is 20.8. The molecule has 0 aliphatic carbocycles. The van der Waals surface area contributed by atoms with E-state index in [0.717, 1.165) is 16.7 Å². The third-order valence-electron chi connectivity index (χ3n) is 5.18. The Kier molecular flexibility index (Phi) is 4.93. The van der Waals surface area contributed by atoms with E-state index in [9.17, 15) is 9.90 Å². The van der Waals surface area contributed by atoms with Gasteiger partial charge in [0.2, 0.25) is 5.95 Å². The number of benzene rings is 1. The number of fused-ring (bicyclic) bond motifs is 1. The number of phenolic OH excluding ortho intramolecular Hbond substituents is 1. The molecule has 156 valence electrons. The molecular formula is C21H29N5O3. The molecule has 0 spiro atoms. The number of rotatable bonds is 2. The second-order valence-electron chi connectivity index (χ2n) is 9.47. The summed E-state index contributed by atoms with van der Waals surface area (Å²) in [6.07, 6.45) is 0. The number of allylic oxidation sites excluding steroid dienone is 1. The minimum absolute atomic E-state index is 0.278. The van der Waals surface area contributed by atoms with E-state index in [1.165, 1.54) is 7.11 Å². The van der Waals surface area contributed by atoms with Crippen molar-refractivity contribution in [2.24, 2.45) is 0 Å². The normalized spacial score (nSPS) is 17.0. The highest BCUT2D eigenvalue weighted by molar-refractivity contribution is 5.92. The number of nitrogens with one attached hydrogen (secondary N) is 1. The summed E-state index contributed by atoms with van der Waals surface area (Å²) in [7, 11) is 1.35. The van der Waals surface area contributed by atoms with Gasteiger partial charge in [-0.3, -0.25) is 0 Å². The van der Waals surface area contributed by atoms with Gasteiger partial charge in [0.25, 0.3) is 0 Å². The highest BCUT2D eigenvalue weighted by Crippen LogP contribution is 2.43. The number of esters is 1. The Morgan fingerprint density at radius 3 is 2.17 bits per heavy atom. The standard InChI is InChI=1S/C21H29N5O3/c1-11-15(18(28)29-8)16(26-19(22-11)23-24-25-26)12-9-13(20(2,3)4)17(27)14(10-12)21(5,6)7/h9-10,16,27H,1-8H3,(H,22,23,25)/t16-/m1/s1. The highest BCUT2D eigenvalue weighted by atomic mass is 16.5. The number of nitrogens with zero attached hydrogens (tertiary/aromatic N) is 4. The molecule has 0 saturated carbocycles. The van der Waals surface area contributed by atoms with E-state index in [2.05, 4.69) is 20.8 Å². The maximum Gasteiger partial charge on any atom is 0.338 e. The smallest absolute Gasteiger partial charge is 0.338 e. The van der Waals surface area contributed by atoms with Crippen LogP contribution in [0.25, 0.3) is 0 Å². The molecule has 8 nitrogen and oxygen atoms in total. The van der Waals surface area contributed by atoms with Gasteiger partial charge in [0.1, 0.15) is 11.8 Å². The lowest BCUT2D eigenvalue weighted by molar-refractivity contribution is -0.136. The number of methoxy groups -OCH3 is 1. The molecule has 8 heteroatoms. The van der Waals surface area contributed by atoms with Gasteiger partial charge < -0.3 is 15.2 Å². The van der Waals surface area contributed by atoms with Crippen molar-refractivity contribution in [1.29, 1.82) is 0 Å². The fourth-order valence-electron chi connectivity index (χ4n) is 3.65. The number of carbonyl (C=O) groups excluding carboxylic acids is 1. The molecule has 1 aliphatic heterocycles. The number of tetrazole rings is 1. The average Bonchev–Trinajstić information content (AvgIpc) is 3.06. The van der Waals surface area contributed by atoms with E-state index in [1.807, 2.05) is 53.7 Å². The lowest BCUT2D eigenvalue weighted by Crippen LogP contribution is -2.30. The molecule has 0 radical (unpaired) electrons. The monoisotopic (exact) mass is 399 g/mol. The van der Waals surface area contributed by atoms with E-state index in [1.54, 1.807) is 11.6 Å². The SMILES string of the molecule is COC(=O)C1=C(C)Nc2nnnn2[C@@H]1c1cc(C(C)(C)C)c(O)c(C(C)(C)C)c1. The van der Waals surface area contributed by atoms with Crippen LogP contribution >= 0.6 is 0 Å². The topological polar surface area (TPSA) is 102 Å². The third kappa shape index (κ3) is 3.59. The Hall–Kier alpha value is -2.90. The Morgan fingerprint density at radius 2 is 1.69 bits per heavy atom. The second kappa shape index (κ2) is 6.86. The van der Waals surface area contributed by atoms with Crippen molar-refractivity contribution in [3.63, 3.8) is 0 Å². The molecule has 3 rings (SSSR count). The van der Waals surface area contributed by atoms with E-state index in [4.69, 9.17) is 4.74 Å². The summed E-state index contributed by atoms with van der Waals surface area (Å²) in [5.74, 6) is 0.270. The minimum Gasteiger partial charge on any atom is -0.507 e. The van der Waals surface area contributed by atoms with Crippen molar-refractivity contribution < 1.29 is 14.6 Å². The first-order valence-corrected chi connectivity index (χ1v) is 9.58. The minimum atomic E-state index is -0.573. The van der Waals surface area contributed by atoms with E-state index < -0.39 is 12.0 Å². The van der Waals surface area contributed by atoms with Gasteiger partial charge in [-0.25, -0.2) is 4.79 Å². The number of aromatic nitrogens is 4. The third-order valence-corrected chi connectivity index (χ3v) is 5.18. The Balaban J connectivity index is 2.35. The van der Waals surface area contributed by atoms with Crippen molar-refractivity contribution in [1.82, 2.24) is 20.2 Å². The highest BCUT2D eigenvalue weighted by Gasteiger charge is 2.37. The predicted molar refractivity (Wildman–Crippen MR) is 110 cm³/mol. The summed E-state index contributed by atoms with van der Waals surface area (Å²) in [5.41, 5.74) is 2.86. The molecule has 1 aromatic carbocycles. The number of carbonyl (C=O) groups is 1. The summed E-state index contributed by atoms with van der Waals surface area (Å²) in [6, 6.07) is 3.29. The van der Waals surface area contributed by atoms with Crippen molar-refractivity contribution >= 4 is 11.9 Å². The van der Waals surface area contributed by atoms with Gasteiger partial charge >= 0.3 is 5.97 Å². The summed E-state index contributed by atoms with van der Waals surface area (Å²) < 4.78 is 6.63. The maximum absolute atomic E-state index is 12.7. The molecule has 2 N–H and O–H groups in total.